The molecule has 0 aliphatic carbocycles. The van der Waals surface area contributed by atoms with E-state index in [4.69, 9.17) is 0 Å². The normalized spacial score (nSPS) is 16.7. The summed E-state index contributed by atoms with van der Waals surface area (Å²) in [6, 6.07) is 22.2. The van der Waals surface area contributed by atoms with Crippen LogP contribution in [0.1, 0.15) is 36.0 Å². The molecule has 1 aliphatic rings. The minimum absolute atomic E-state index is 0.112. The number of benzene rings is 2. The number of hydrogen-bond donors (Lipinski definition) is 0. The average Bonchev–Trinajstić information content (AvgIpc) is 2.51. The third kappa shape index (κ3) is 3.07. The van der Waals surface area contributed by atoms with Crippen LogP contribution in [-0.2, 0) is 0 Å². The Kier molecular flexibility index (Phi) is 4.30. The molecule has 1 heteroatoms. The Morgan fingerprint density at radius 1 is 0.632 bits per heavy atom. The highest BCUT2D eigenvalue weighted by atomic mass is 31.1. The van der Waals surface area contributed by atoms with Gasteiger partial charge in [0.2, 0.25) is 0 Å². The van der Waals surface area contributed by atoms with E-state index in [0.717, 1.165) is 0 Å². The van der Waals surface area contributed by atoms with Gasteiger partial charge in [-0.15, -0.1) is 0 Å². The third-order valence-electron chi connectivity index (χ3n) is 3.99. The molecule has 0 saturated carbocycles. The molecule has 2 aromatic rings. The summed E-state index contributed by atoms with van der Waals surface area (Å²) in [5, 5.41) is 0. The highest BCUT2D eigenvalue weighted by Crippen LogP contribution is 2.57. The molecule has 0 unspecified atom stereocenters. The van der Waals surface area contributed by atoms with E-state index in [0.29, 0.717) is 5.66 Å². The summed E-state index contributed by atoms with van der Waals surface area (Å²) in [6.07, 6.45) is 7.20. The molecule has 2 aromatic carbocycles. The topological polar surface area (TPSA) is 0 Å². The summed E-state index contributed by atoms with van der Waals surface area (Å²) in [5.41, 5.74) is 3.68. The molecule has 1 aliphatic heterocycles. The van der Waals surface area contributed by atoms with Crippen molar-refractivity contribution in [3.05, 3.63) is 71.8 Å². The molecule has 1 fully saturated rings. The van der Waals surface area contributed by atoms with Crippen LogP contribution in [0.5, 0.6) is 0 Å². The molecule has 0 bridgehead atoms. The first-order valence-electron chi connectivity index (χ1n) is 7.29. The smallest absolute Gasteiger partial charge is 0.0291 e. The number of hydrogen-bond acceptors (Lipinski definition) is 0. The van der Waals surface area contributed by atoms with Gasteiger partial charge in [0.05, 0.1) is 0 Å². The maximum atomic E-state index is 2.31. The fourth-order valence-corrected chi connectivity index (χ4v) is 6.25. The van der Waals surface area contributed by atoms with Crippen LogP contribution in [0.4, 0.5) is 0 Å². The third-order valence-corrected chi connectivity index (χ3v) is 7.09. The lowest BCUT2D eigenvalue weighted by Crippen LogP contribution is -2.08. The molecular formula is C18H21P. The molecule has 0 N–H and O–H groups in total. The molecule has 0 amide bonds. The molecule has 0 nitrogen and oxygen atoms in total. The quantitative estimate of drug-likeness (QED) is 0.650. The molecule has 1 heterocycles. The first-order valence-corrected chi connectivity index (χ1v) is 9.07. The van der Waals surface area contributed by atoms with E-state index < -0.39 is 0 Å². The van der Waals surface area contributed by atoms with Crippen molar-refractivity contribution in [2.75, 3.05) is 12.3 Å². The van der Waals surface area contributed by atoms with Gasteiger partial charge in [-0.05, 0) is 36.3 Å². The van der Waals surface area contributed by atoms with Crippen molar-refractivity contribution in [1.29, 1.82) is 0 Å². The van der Waals surface area contributed by atoms with E-state index in [1.165, 1.54) is 42.7 Å². The summed E-state index contributed by atoms with van der Waals surface area (Å²) in [4.78, 5) is 0. The summed E-state index contributed by atoms with van der Waals surface area (Å²) >= 11 is 0. The Bertz CT molecular complexity index is 446. The van der Waals surface area contributed by atoms with Crippen molar-refractivity contribution in [3.63, 3.8) is 0 Å². The van der Waals surface area contributed by atoms with Gasteiger partial charge in [0, 0.05) is 5.66 Å². The van der Waals surface area contributed by atoms with Crippen LogP contribution in [0.2, 0.25) is 0 Å². The Morgan fingerprint density at radius 2 is 1.11 bits per heavy atom. The SMILES string of the molecule is c1ccc(C(c2ccccc2)P2CCCCC2)cc1. The fourth-order valence-electron chi connectivity index (χ4n) is 3.06. The largest absolute Gasteiger partial charge is 0.0944 e. The lowest BCUT2D eigenvalue weighted by atomic mass is 10.0. The second-order valence-electron chi connectivity index (χ2n) is 5.32. The van der Waals surface area contributed by atoms with E-state index in [-0.39, 0.29) is 7.92 Å². The zero-order chi connectivity index (χ0) is 12.9. The van der Waals surface area contributed by atoms with E-state index in [1.54, 1.807) is 0 Å². The maximum Gasteiger partial charge on any atom is 0.0291 e. The van der Waals surface area contributed by atoms with Crippen LogP contribution in [0.25, 0.3) is 0 Å². The lowest BCUT2D eigenvalue weighted by molar-refractivity contribution is 0.746. The van der Waals surface area contributed by atoms with Crippen LogP contribution in [0.15, 0.2) is 60.7 Å². The Morgan fingerprint density at radius 3 is 1.58 bits per heavy atom. The van der Waals surface area contributed by atoms with Gasteiger partial charge in [0.1, 0.15) is 0 Å². The van der Waals surface area contributed by atoms with Gasteiger partial charge >= 0.3 is 0 Å². The van der Waals surface area contributed by atoms with E-state index in [1.807, 2.05) is 0 Å². The van der Waals surface area contributed by atoms with Crippen LogP contribution in [0, 0.1) is 0 Å². The second kappa shape index (κ2) is 6.35. The predicted molar refractivity (Wildman–Crippen MR) is 85.2 cm³/mol. The Balaban J connectivity index is 1.96. The Labute approximate surface area is 117 Å². The summed E-state index contributed by atoms with van der Waals surface area (Å²) in [5.74, 6) is 0. The molecule has 1 saturated heterocycles. The van der Waals surface area contributed by atoms with Crippen molar-refractivity contribution < 1.29 is 0 Å². The second-order valence-corrected chi connectivity index (χ2v) is 7.91. The van der Waals surface area contributed by atoms with Crippen LogP contribution in [0.3, 0.4) is 0 Å². The molecule has 19 heavy (non-hydrogen) atoms. The van der Waals surface area contributed by atoms with Gasteiger partial charge in [-0.2, -0.15) is 0 Å². The first kappa shape index (κ1) is 12.9. The highest BCUT2D eigenvalue weighted by Gasteiger charge is 2.25. The minimum atomic E-state index is 0.112. The summed E-state index contributed by atoms with van der Waals surface area (Å²) in [7, 11) is 0.112. The summed E-state index contributed by atoms with van der Waals surface area (Å²) < 4.78 is 0. The lowest BCUT2D eigenvalue weighted by Gasteiger charge is -2.31. The highest BCUT2D eigenvalue weighted by molar-refractivity contribution is 7.58. The maximum absolute atomic E-state index is 2.31. The zero-order valence-electron chi connectivity index (χ0n) is 11.3. The van der Waals surface area contributed by atoms with Crippen molar-refractivity contribution in [1.82, 2.24) is 0 Å². The molecule has 0 radical (unpaired) electrons. The van der Waals surface area contributed by atoms with Crippen LogP contribution < -0.4 is 0 Å². The average molecular weight is 268 g/mol. The number of rotatable bonds is 3. The molecule has 3 rings (SSSR count). The van der Waals surface area contributed by atoms with Gasteiger partial charge < -0.3 is 0 Å². The van der Waals surface area contributed by atoms with E-state index in [9.17, 15) is 0 Å². The molecule has 0 spiro atoms. The van der Waals surface area contributed by atoms with Crippen LogP contribution in [-0.4, -0.2) is 12.3 Å². The van der Waals surface area contributed by atoms with Crippen LogP contribution >= 0.6 is 7.92 Å². The molecule has 0 atom stereocenters. The zero-order valence-corrected chi connectivity index (χ0v) is 12.2. The van der Waals surface area contributed by atoms with Gasteiger partial charge in [-0.3, -0.25) is 0 Å². The van der Waals surface area contributed by atoms with Gasteiger partial charge in [-0.25, -0.2) is 0 Å². The van der Waals surface area contributed by atoms with Gasteiger partial charge in [0.25, 0.3) is 0 Å². The van der Waals surface area contributed by atoms with Crippen molar-refractivity contribution >= 4 is 7.92 Å². The van der Waals surface area contributed by atoms with E-state index >= 15 is 0 Å². The van der Waals surface area contributed by atoms with Gasteiger partial charge in [-0.1, -0.05) is 75.0 Å². The molecule has 98 valence electrons. The first-order chi connectivity index (χ1) is 9.45. The Hall–Kier alpha value is -1.13. The minimum Gasteiger partial charge on any atom is -0.0944 e. The summed E-state index contributed by atoms with van der Waals surface area (Å²) in [6.45, 7) is 0. The van der Waals surface area contributed by atoms with E-state index in [2.05, 4.69) is 60.7 Å². The van der Waals surface area contributed by atoms with Crippen molar-refractivity contribution in [2.45, 2.75) is 24.9 Å². The standard InChI is InChI=1S/C18H21P/c1-4-10-16(11-5-1)18(17-12-6-2-7-13-17)19-14-8-3-9-15-19/h1-2,4-7,10-13,18H,3,8-9,14-15H2. The van der Waals surface area contributed by atoms with Gasteiger partial charge in [0.15, 0.2) is 0 Å². The monoisotopic (exact) mass is 268 g/mol. The predicted octanol–water partition coefficient (Wildman–Crippen LogP) is 5.44. The van der Waals surface area contributed by atoms with Crippen molar-refractivity contribution in [3.8, 4) is 0 Å². The fraction of sp³-hybridized carbons (Fsp3) is 0.333. The molecular weight excluding hydrogens is 247 g/mol. The van der Waals surface area contributed by atoms with Crippen molar-refractivity contribution in [2.24, 2.45) is 0 Å². The molecule has 0 aromatic heterocycles.